The number of amides is 1. The molecule has 0 aromatic heterocycles. The molecule has 0 radical (unpaired) electrons. The van der Waals surface area contributed by atoms with Crippen molar-refractivity contribution in [3.63, 3.8) is 0 Å². The van der Waals surface area contributed by atoms with Crippen molar-refractivity contribution in [3.8, 4) is 6.07 Å². The topological polar surface area (TPSA) is 85.2 Å². The van der Waals surface area contributed by atoms with Gasteiger partial charge in [0.2, 0.25) is 0 Å². The number of nitrogens with zero attached hydrogens (tertiary/aromatic N) is 1. The molecule has 2 aromatic carbocycles. The lowest BCUT2D eigenvalue weighted by Crippen LogP contribution is -2.33. The third-order valence-electron chi connectivity index (χ3n) is 2.71. The lowest BCUT2D eigenvalue weighted by atomic mass is 10.1. The maximum atomic E-state index is 11.8. The zero-order chi connectivity index (χ0) is 14.4. The number of hydrogen-bond acceptors (Lipinski definition) is 4. The molecule has 0 spiro atoms. The molecule has 0 aliphatic carbocycles. The van der Waals surface area contributed by atoms with Crippen molar-refractivity contribution in [2.45, 2.75) is 6.10 Å². The van der Waals surface area contributed by atoms with E-state index in [1.165, 1.54) is 0 Å². The molecule has 0 aliphatic rings. The lowest BCUT2D eigenvalue weighted by Gasteiger charge is -2.13. The molecule has 5 heteroatoms. The van der Waals surface area contributed by atoms with Gasteiger partial charge in [-0.25, -0.2) is 0 Å². The van der Waals surface area contributed by atoms with Crippen LogP contribution < -0.4 is 10.9 Å². The molecule has 0 heterocycles. The van der Waals surface area contributed by atoms with E-state index in [0.29, 0.717) is 16.8 Å². The Balaban J connectivity index is 1.93. The van der Waals surface area contributed by atoms with Crippen LogP contribution in [0.1, 0.15) is 17.2 Å². The second kappa shape index (κ2) is 6.36. The monoisotopic (exact) mass is 267 g/mol. The van der Waals surface area contributed by atoms with Crippen LogP contribution in [0.15, 0.2) is 54.6 Å². The molecule has 20 heavy (non-hydrogen) atoms. The zero-order valence-electron chi connectivity index (χ0n) is 10.6. The molecular weight excluding hydrogens is 254 g/mol. The van der Waals surface area contributed by atoms with Crippen LogP contribution in [-0.2, 0) is 4.79 Å². The van der Waals surface area contributed by atoms with E-state index in [2.05, 4.69) is 10.9 Å². The fraction of sp³-hybridized carbons (Fsp3) is 0.0667. The highest BCUT2D eigenvalue weighted by Gasteiger charge is 2.16. The minimum Gasteiger partial charge on any atom is -0.378 e. The van der Waals surface area contributed by atoms with Crippen LogP contribution in [0.5, 0.6) is 0 Å². The van der Waals surface area contributed by atoms with Gasteiger partial charge in [0.05, 0.1) is 17.3 Å². The van der Waals surface area contributed by atoms with Gasteiger partial charge in [-0.1, -0.05) is 30.3 Å². The van der Waals surface area contributed by atoms with E-state index in [1.807, 2.05) is 12.1 Å². The van der Waals surface area contributed by atoms with Crippen molar-refractivity contribution in [2.75, 3.05) is 5.43 Å². The van der Waals surface area contributed by atoms with Gasteiger partial charge in [-0.15, -0.1) is 0 Å². The Morgan fingerprint density at radius 1 is 1.10 bits per heavy atom. The van der Waals surface area contributed by atoms with Gasteiger partial charge < -0.3 is 5.11 Å². The van der Waals surface area contributed by atoms with Gasteiger partial charge in [0, 0.05) is 0 Å². The standard InChI is InChI=1S/C15H13N3O2/c16-10-11-6-8-13(9-7-11)17-18-15(20)14(19)12-4-2-1-3-5-12/h1-9,14,17,19H,(H,18,20). The molecule has 0 aliphatic heterocycles. The van der Waals surface area contributed by atoms with Gasteiger partial charge in [0.1, 0.15) is 0 Å². The molecule has 100 valence electrons. The number of aliphatic hydroxyl groups is 1. The summed E-state index contributed by atoms with van der Waals surface area (Å²) in [5.41, 5.74) is 6.77. The highest BCUT2D eigenvalue weighted by atomic mass is 16.3. The zero-order valence-corrected chi connectivity index (χ0v) is 10.6. The average Bonchev–Trinajstić information content (AvgIpc) is 2.53. The molecule has 0 saturated heterocycles. The van der Waals surface area contributed by atoms with Crippen molar-refractivity contribution in [1.82, 2.24) is 5.43 Å². The summed E-state index contributed by atoms with van der Waals surface area (Å²) in [4.78, 5) is 11.8. The third-order valence-corrected chi connectivity index (χ3v) is 2.71. The number of carbonyl (C=O) groups is 1. The van der Waals surface area contributed by atoms with Crippen molar-refractivity contribution in [1.29, 1.82) is 5.26 Å². The van der Waals surface area contributed by atoms with E-state index in [-0.39, 0.29) is 0 Å². The molecular formula is C15H13N3O2. The fourth-order valence-electron chi connectivity index (χ4n) is 1.62. The normalized spacial score (nSPS) is 11.2. The number of benzene rings is 2. The second-order valence-electron chi connectivity index (χ2n) is 4.12. The largest absolute Gasteiger partial charge is 0.378 e. The van der Waals surface area contributed by atoms with E-state index < -0.39 is 12.0 Å². The van der Waals surface area contributed by atoms with Crippen LogP contribution in [0, 0.1) is 11.3 Å². The van der Waals surface area contributed by atoms with Crippen molar-refractivity contribution >= 4 is 11.6 Å². The molecule has 1 amide bonds. The number of carbonyl (C=O) groups excluding carboxylic acids is 1. The maximum Gasteiger partial charge on any atom is 0.271 e. The predicted molar refractivity (Wildman–Crippen MR) is 74.3 cm³/mol. The van der Waals surface area contributed by atoms with E-state index in [1.54, 1.807) is 48.5 Å². The number of hydrogen-bond donors (Lipinski definition) is 3. The number of hydrazine groups is 1. The molecule has 2 rings (SSSR count). The van der Waals surface area contributed by atoms with Crippen LogP contribution in [0.4, 0.5) is 5.69 Å². The average molecular weight is 267 g/mol. The quantitative estimate of drug-likeness (QED) is 0.736. The molecule has 0 fully saturated rings. The molecule has 5 nitrogen and oxygen atoms in total. The molecule has 1 unspecified atom stereocenters. The molecule has 3 N–H and O–H groups in total. The van der Waals surface area contributed by atoms with Crippen molar-refractivity contribution < 1.29 is 9.90 Å². The first-order valence-electron chi connectivity index (χ1n) is 6.00. The SMILES string of the molecule is N#Cc1ccc(NNC(=O)C(O)c2ccccc2)cc1. The summed E-state index contributed by atoms with van der Waals surface area (Å²) in [5, 5.41) is 18.5. The number of aliphatic hydroxyl groups excluding tert-OH is 1. The van der Waals surface area contributed by atoms with E-state index >= 15 is 0 Å². The molecule has 2 aromatic rings. The summed E-state index contributed by atoms with van der Waals surface area (Å²) in [5.74, 6) is -0.555. The third kappa shape index (κ3) is 3.34. The molecule has 1 atom stereocenters. The predicted octanol–water partition coefficient (Wildman–Crippen LogP) is 1.73. The summed E-state index contributed by atoms with van der Waals surface area (Å²) in [6.07, 6.45) is -1.23. The van der Waals surface area contributed by atoms with Gasteiger partial charge in [-0.3, -0.25) is 15.6 Å². The Bertz CT molecular complexity index is 618. The molecule has 0 saturated carbocycles. The highest BCUT2D eigenvalue weighted by molar-refractivity contribution is 5.83. The van der Waals surface area contributed by atoms with E-state index in [9.17, 15) is 9.90 Å². The van der Waals surface area contributed by atoms with Crippen LogP contribution in [0.2, 0.25) is 0 Å². The van der Waals surface area contributed by atoms with Crippen molar-refractivity contribution in [2.24, 2.45) is 0 Å². The number of anilines is 1. The van der Waals surface area contributed by atoms with E-state index in [0.717, 1.165) is 0 Å². The minimum absolute atomic E-state index is 0.520. The first-order chi connectivity index (χ1) is 9.70. The van der Waals surface area contributed by atoms with Gasteiger partial charge in [-0.05, 0) is 29.8 Å². The van der Waals surface area contributed by atoms with Gasteiger partial charge in [0.25, 0.3) is 5.91 Å². The maximum absolute atomic E-state index is 11.8. The van der Waals surface area contributed by atoms with Gasteiger partial charge >= 0.3 is 0 Å². The Morgan fingerprint density at radius 3 is 2.35 bits per heavy atom. The Morgan fingerprint density at radius 2 is 1.75 bits per heavy atom. The number of rotatable bonds is 4. The first kappa shape index (κ1) is 13.6. The Kier molecular flexibility index (Phi) is 4.32. The van der Waals surface area contributed by atoms with Gasteiger partial charge in [0.15, 0.2) is 6.10 Å². The number of nitrogens with one attached hydrogen (secondary N) is 2. The van der Waals surface area contributed by atoms with Crippen LogP contribution in [0.3, 0.4) is 0 Å². The summed E-state index contributed by atoms with van der Waals surface area (Å²) in [6.45, 7) is 0. The first-order valence-corrected chi connectivity index (χ1v) is 6.00. The Labute approximate surface area is 116 Å². The Hall–Kier alpha value is -2.84. The fourth-order valence-corrected chi connectivity index (χ4v) is 1.62. The van der Waals surface area contributed by atoms with E-state index in [4.69, 9.17) is 5.26 Å². The van der Waals surface area contributed by atoms with Gasteiger partial charge in [-0.2, -0.15) is 5.26 Å². The second-order valence-corrected chi connectivity index (χ2v) is 4.12. The smallest absolute Gasteiger partial charge is 0.271 e. The summed E-state index contributed by atoms with van der Waals surface area (Å²) >= 11 is 0. The number of nitriles is 1. The lowest BCUT2D eigenvalue weighted by molar-refractivity contribution is -0.129. The van der Waals surface area contributed by atoms with Crippen molar-refractivity contribution in [3.05, 3.63) is 65.7 Å². The highest BCUT2D eigenvalue weighted by Crippen LogP contribution is 2.12. The van der Waals surface area contributed by atoms with Crippen LogP contribution >= 0.6 is 0 Å². The molecule has 0 bridgehead atoms. The minimum atomic E-state index is -1.23. The van der Waals surface area contributed by atoms with Crippen LogP contribution in [-0.4, -0.2) is 11.0 Å². The van der Waals surface area contributed by atoms with Crippen LogP contribution in [0.25, 0.3) is 0 Å². The summed E-state index contributed by atoms with van der Waals surface area (Å²) < 4.78 is 0. The summed E-state index contributed by atoms with van der Waals surface area (Å²) in [7, 11) is 0. The summed E-state index contributed by atoms with van der Waals surface area (Å²) in [6, 6.07) is 17.2.